The van der Waals surface area contributed by atoms with Gasteiger partial charge in [0.1, 0.15) is 18.1 Å². The first-order valence-corrected chi connectivity index (χ1v) is 14.8. The van der Waals surface area contributed by atoms with Gasteiger partial charge in [-0.15, -0.1) is 0 Å². The quantitative estimate of drug-likeness (QED) is 0.257. The summed E-state index contributed by atoms with van der Waals surface area (Å²) in [4.78, 5) is 12.8. The Morgan fingerprint density at radius 3 is 2.33 bits per heavy atom. The standard InChI is InChI=1S/C26H27Cl2FN2O6S2/c1-35-23-9-7-17(27)13-22(23)31(39(33,34)18-8-10-24(36-2)25(14-18)37-3)15-26(32)30-11-12-38-16-19-20(28)5-4-6-21(19)29/h4-10,13-14H,11-12,15-16H2,1-3H3,(H,30,32). The average molecular weight is 618 g/mol. The van der Waals surface area contributed by atoms with Crippen LogP contribution in [0, 0.1) is 5.82 Å². The van der Waals surface area contributed by atoms with Crippen LogP contribution in [0.25, 0.3) is 0 Å². The lowest BCUT2D eigenvalue weighted by atomic mass is 10.2. The number of hydrogen-bond donors (Lipinski definition) is 1. The van der Waals surface area contributed by atoms with Crippen LogP contribution in [0.2, 0.25) is 10.0 Å². The molecule has 1 N–H and O–H groups in total. The number of carbonyl (C=O) groups excluding carboxylic acids is 1. The Balaban J connectivity index is 1.80. The predicted octanol–water partition coefficient (Wildman–Crippen LogP) is 5.40. The fraction of sp³-hybridized carbons (Fsp3) is 0.269. The number of ether oxygens (including phenoxy) is 3. The smallest absolute Gasteiger partial charge is 0.265 e. The monoisotopic (exact) mass is 616 g/mol. The van der Waals surface area contributed by atoms with Crippen LogP contribution in [0.1, 0.15) is 5.56 Å². The van der Waals surface area contributed by atoms with Crippen LogP contribution in [-0.2, 0) is 20.6 Å². The third kappa shape index (κ3) is 7.63. The van der Waals surface area contributed by atoms with Crippen LogP contribution in [-0.4, -0.2) is 54.5 Å². The number of nitrogens with zero attached hydrogens (tertiary/aromatic N) is 1. The summed E-state index contributed by atoms with van der Waals surface area (Å²) in [6.45, 7) is -0.344. The minimum atomic E-state index is -4.30. The van der Waals surface area contributed by atoms with Gasteiger partial charge in [-0.1, -0.05) is 29.3 Å². The molecule has 0 atom stereocenters. The summed E-state index contributed by atoms with van der Waals surface area (Å²) >= 11 is 13.6. The van der Waals surface area contributed by atoms with E-state index < -0.39 is 28.3 Å². The lowest BCUT2D eigenvalue weighted by Gasteiger charge is -2.26. The molecule has 0 saturated carbocycles. The summed E-state index contributed by atoms with van der Waals surface area (Å²) in [5.74, 6) is 0.549. The van der Waals surface area contributed by atoms with Gasteiger partial charge in [-0.25, -0.2) is 12.8 Å². The highest BCUT2D eigenvalue weighted by Gasteiger charge is 2.30. The first-order valence-electron chi connectivity index (χ1n) is 11.5. The summed E-state index contributed by atoms with van der Waals surface area (Å²) in [6.07, 6.45) is 0. The molecule has 0 aromatic heterocycles. The topological polar surface area (TPSA) is 94.2 Å². The molecule has 0 fully saturated rings. The van der Waals surface area contributed by atoms with E-state index in [0.717, 1.165) is 4.31 Å². The van der Waals surface area contributed by atoms with Crippen molar-refractivity contribution in [1.82, 2.24) is 5.32 Å². The van der Waals surface area contributed by atoms with Crippen molar-refractivity contribution in [2.24, 2.45) is 0 Å². The molecule has 0 aliphatic rings. The third-order valence-corrected chi connectivity index (χ3v) is 8.85. The van der Waals surface area contributed by atoms with Gasteiger partial charge in [-0.3, -0.25) is 9.10 Å². The molecule has 0 bridgehead atoms. The van der Waals surface area contributed by atoms with E-state index in [0.29, 0.717) is 27.8 Å². The van der Waals surface area contributed by atoms with Gasteiger partial charge < -0.3 is 19.5 Å². The second kappa shape index (κ2) is 14.0. The number of methoxy groups -OCH3 is 3. The highest BCUT2D eigenvalue weighted by atomic mass is 35.5. The van der Waals surface area contributed by atoms with Crippen molar-refractivity contribution >= 4 is 56.6 Å². The van der Waals surface area contributed by atoms with Crippen molar-refractivity contribution in [3.05, 3.63) is 76.0 Å². The Labute approximate surface area is 241 Å². The normalized spacial score (nSPS) is 11.1. The van der Waals surface area contributed by atoms with Crippen LogP contribution >= 0.6 is 35.0 Å². The molecule has 13 heteroatoms. The van der Waals surface area contributed by atoms with E-state index in [-0.39, 0.29) is 33.6 Å². The summed E-state index contributed by atoms with van der Waals surface area (Å²) in [5.41, 5.74) is 0.467. The van der Waals surface area contributed by atoms with Crippen LogP contribution < -0.4 is 23.8 Å². The molecule has 0 saturated heterocycles. The summed E-state index contributed by atoms with van der Waals surface area (Å²) < 4.78 is 58.3. The minimum absolute atomic E-state index is 0.0819. The van der Waals surface area contributed by atoms with Gasteiger partial charge in [0.15, 0.2) is 11.5 Å². The van der Waals surface area contributed by atoms with E-state index in [4.69, 9.17) is 37.4 Å². The molecule has 1 amide bonds. The van der Waals surface area contributed by atoms with E-state index in [1.54, 1.807) is 12.1 Å². The largest absolute Gasteiger partial charge is 0.495 e. The number of sulfonamides is 1. The van der Waals surface area contributed by atoms with E-state index in [1.165, 1.54) is 75.6 Å². The number of halogens is 3. The highest BCUT2D eigenvalue weighted by molar-refractivity contribution is 7.98. The maximum Gasteiger partial charge on any atom is 0.265 e. The van der Waals surface area contributed by atoms with Crippen molar-refractivity contribution in [3.8, 4) is 17.2 Å². The van der Waals surface area contributed by atoms with Crippen molar-refractivity contribution in [2.45, 2.75) is 10.6 Å². The highest BCUT2D eigenvalue weighted by Crippen LogP contribution is 2.37. The summed E-state index contributed by atoms with van der Waals surface area (Å²) in [6, 6.07) is 13.0. The third-order valence-electron chi connectivity index (χ3n) is 5.52. The molecule has 0 spiro atoms. The molecule has 0 aliphatic heterocycles. The molecule has 0 unspecified atom stereocenters. The maximum atomic E-state index is 14.0. The molecule has 3 aromatic carbocycles. The van der Waals surface area contributed by atoms with Gasteiger partial charge >= 0.3 is 0 Å². The number of hydrogen-bond acceptors (Lipinski definition) is 7. The summed E-state index contributed by atoms with van der Waals surface area (Å²) in [7, 11) is -0.0984. The van der Waals surface area contributed by atoms with E-state index in [9.17, 15) is 17.6 Å². The van der Waals surface area contributed by atoms with Crippen LogP contribution in [0.15, 0.2) is 59.5 Å². The SMILES string of the molecule is COc1ccc(S(=O)(=O)N(CC(=O)NCCSCc2c(F)cccc2Cl)c2cc(Cl)ccc2OC)cc1OC. The fourth-order valence-electron chi connectivity index (χ4n) is 3.56. The number of nitrogens with one attached hydrogen (secondary N) is 1. The Bertz CT molecular complexity index is 1410. The van der Waals surface area contributed by atoms with Crippen LogP contribution in [0.4, 0.5) is 10.1 Å². The van der Waals surface area contributed by atoms with Gasteiger partial charge in [0.25, 0.3) is 10.0 Å². The molecule has 8 nitrogen and oxygen atoms in total. The lowest BCUT2D eigenvalue weighted by Crippen LogP contribution is -2.41. The molecule has 39 heavy (non-hydrogen) atoms. The molecule has 210 valence electrons. The van der Waals surface area contributed by atoms with Gasteiger partial charge in [0.05, 0.1) is 31.9 Å². The number of amides is 1. The molecular formula is C26H27Cl2FN2O6S2. The first-order chi connectivity index (χ1) is 18.6. The maximum absolute atomic E-state index is 14.0. The molecule has 0 heterocycles. The number of carbonyl (C=O) groups is 1. The lowest BCUT2D eigenvalue weighted by molar-refractivity contribution is -0.119. The minimum Gasteiger partial charge on any atom is -0.495 e. The van der Waals surface area contributed by atoms with Gasteiger partial charge in [0, 0.05) is 39.7 Å². The zero-order chi connectivity index (χ0) is 28.6. The molecule has 3 rings (SSSR count). The molecular weight excluding hydrogens is 590 g/mol. The number of thioether (sulfide) groups is 1. The van der Waals surface area contributed by atoms with E-state index in [2.05, 4.69) is 5.32 Å². The van der Waals surface area contributed by atoms with Crippen LogP contribution in [0.5, 0.6) is 17.2 Å². The average Bonchev–Trinajstić information content (AvgIpc) is 2.92. The zero-order valence-corrected chi connectivity index (χ0v) is 24.5. The molecule has 3 aromatic rings. The number of anilines is 1. The van der Waals surface area contributed by atoms with E-state index >= 15 is 0 Å². The second-order valence-corrected chi connectivity index (χ2v) is 11.8. The van der Waals surface area contributed by atoms with Crippen molar-refractivity contribution < 1.29 is 31.8 Å². The van der Waals surface area contributed by atoms with Gasteiger partial charge in [-0.2, -0.15) is 11.8 Å². The first kappa shape index (κ1) is 30.7. The Hall–Kier alpha value is -2.86. The Kier molecular flexibility index (Phi) is 11.0. The Morgan fingerprint density at radius 1 is 0.974 bits per heavy atom. The zero-order valence-electron chi connectivity index (χ0n) is 21.4. The molecule has 0 aliphatic carbocycles. The van der Waals surface area contributed by atoms with Crippen LogP contribution in [0.3, 0.4) is 0 Å². The van der Waals surface area contributed by atoms with Gasteiger partial charge in [0.2, 0.25) is 5.91 Å². The summed E-state index contributed by atoms with van der Waals surface area (Å²) in [5, 5.41) is 3.29. The number of benzene rings is 3. The predicted molar refractivity (Wildman–Crippen MR) is 153 cm³/mol. The van der Waals surface area contributed by atoms with Crippen molar-refractivity contribution in [3.63, 3.8) is 0 Å². The number of rotatable bonds is 13. The molecule has 0 radical (unpaired) electrons. The van der Waals surface area contributed by atoms with Crippen molar-refractivity contribution in [2.75, 3.05) is 44.5 Å². The second-order valence-electron chi connectivity index (χ2n) is 7.95. The van der Waals surface area contributed by atoms with E-state index in [1.807, 2.05) is 0 Å². The van der Waals surface area contributed by atoms with Gasteiger partial charge in [-0.05, 0) is 42.5 Å². The Morgan fingerprint density at radius 2 is 1.67 bits per heavy atom. The fourth-order valence-corrected chi connectivity index (χ4v) is 6.36. The van der Waals surface area contributed by atoms with Crippen molar-refractivity contribution in [1.29, 1.82) is 0 Å².